The van der Waals surface area contributed by atoms with Crippen molar-refractivity contribution >= 4 is 11.8 Å². The summed E-state index contributed by atoms with van der Waals surface area (Å²) in [5, 5.41) is 19.0. The van der Waals surface area contributed by atoms with Gasteiger partial charge in [-0.05, 0) is 19.3 Å². The molecule has 0 saturated carbocycles. The molecule has 0 aliphatic carbocycles. The topological polar surface area (TPSA) is 62.5 Å². The summed E-state index contributed by atoms with van der Waals surface area (Å²) in [6.45, 7) is 1.48. The molecular weight excluding hydrogens is 262 g/mol. The summed E-state index contributed by atoms with van der Waals surface area (Å²) >= 11 is 1.75. The Balaban J connectivity index is 1.49. The number of thioether (sulfide) groups is 1. The number of aliphatic hydroxyl groups is 1. The van der Waals surface area contributed by atoms with Crippen molar-refractivity contribution in [3.05, 3.63) is 0 Å². The first-order chi connectivity index (χ1) is 9.31. The van der Waals surface area contributed by atoms with Crippen LogP contribution in [0, 0.1) is 17.2 Å². The van der Waals surface area contributed by atoms with Crippen LogP contribution in [0.4, 0.5) is 0 Å². The minimum atomic E-state index is -0.420. The van der Waals surface area contributed by atoms with Crippen LogP contribution in [0.25, 0.3) is 0 Å². The predicted octanol–water partition coefficient (Wildman–Crippen LogP) is 2.32. The van der Waals surface area contributed by atoms with E-state index in [1.165, 1.54) is 12.8 Å². The SMILES string of the molecule is N#CC1C(O)CSC1CCCCCCC1OCCO1. The van der Waals surface area contributed by atoms with Crippen LogP contribution >= 0.6 is 11.8 Å². The molecule has 2 aliphatic heterocycles. The number of aliphatic hydroxyl groups excluding tert-OH is 1. The van der Waals surface area contributed by atoms with Gasteiger partial charge in [-0.15, -0.1) is 0 Å². The van der Waals surface area contributed by atoms with Gasteiger partial charge in [-0.1, -0.05) is 19.3 Å². The number of hydrogen-bond acceptors (Lipinski definition) is 5. The highest BCUT2D eigenvalue weighted by Gasteiger charge is 2.35. The normalized spacial score (nSPS) is 31.7. The summed E-state index contributed by atoms with van der Waals surface area (Å²) in [5.74, 6) is 0.560. The fourth-order valence-electron chi connectivity index (χ4n) is 2.69. The Kier molecular flexibility index (Phi) is 6.45. The van der Waals surface area contributed by atoms with Crippen molar-refractivity contribution in [2.75, 3.05) is 19.0 Å². The van der Waals surface area contributed by atoms with Gasteiger partial charge in [0.25, 0.3) is 0 Å². The molecule has 0 spiro atoms. The molecule has 0 aromatic heterocycles. The van der Waals surface area contributed by atoms with E-state index < -0.39 is 6.10 Å². The minimum absolute atomic E-state index is 0.0310. The van der Waals surface area contributed by atoms with Crippen molar-refractivity contribution in [3.63, 3.8) is 0 Å². The minimum Gasteiger partial charge on any atom is -0.391 e. The second-order valence-corrected chi connectivity index (χ2v) is 6.53. The summed E-state index contributed by atoms with van der Waals surface area (Å²) in [6, 6.07) is 2.25. The molecule has 2 rings (SSSR count). The Labute approximate surface area is 119 Å². The summed E-state index contributed by atoms with van der Waals surface area (Å²) in [5.41, 5.74) is 0. The smallest absolute Gasteiger partial charge is 0.157 e. The van der Waals surface area contributed by atoms with Gasteiger partial charge in [0.2, 0.25) is 0 Å². The first-order valence-electron chi connectivity index (χ1n) is 7.24. The lowest BCUT2D eigenvalue weighted by atomic mass is 9.97. The van der Waals surface area contributed by atoms with Crippen molar-refractivity contribution in [1.29, 1.82) is 5.26 Å². The van der Waals surface area contributed by atoms with E-state index in [0.717, 1.165) is 44.6 Å². The third-order valence-electron chi connectivity index (χ3n) is 3.81. The average molecular weight is 285 g/mol. The first kappa shape index (κ1) is 15.1. The first-order valence-corrected chi connectivity index (χ1v) is 8.28. The van der Waals surface area contributed by atoms with Crippen molar-refractivity contribution in [1.82, 2.24) is 0 Å². The third kappa shape index (κ3) is 4.64. The molecule has 0 amide bonds. The van der Waals surface area contributed by atoms with E-state index in [1.54, 1.807) is 11.8 Å². The van der Waals surface area contributed by atoms with Crippen LogP contribution in [-0.4, -0.2) is 41.7 Å². The fraction of sp³-hybridized carbons (Fsp3) is 0.929. The molecule has 0 aromatic rings. The van der Waals surface area contributed by atoms with Gasteiger partial charge in [-0.25, -0.2) is 0 Å². The average Bonchev–Trinajstić information content (AvgIpc) is 3.03. The van der Waals surface area contributed by atoms with E-state index in [2.05, 4.69) is 6.07 Å². The molecule has 0 bridgehead atoms. The standard InChI is InChI=1S/C14H23NO3S/c15-9-11-12(16)10-19-13(11)5-3-1-2-4-6-14-17-7-8-18-14/h11-14,16H,1-8,10H2. The lowest BCUT2D eigenvalue weighted by molar-refractivity contribution is -0.0480. The second kappa shape index (κ2) is 8.11. The number of hydrogen-bond donors (Lipinski definition) is 1. The number of rotatable bonds is 7. The molecule has 4 nitrogen and oxygen atoms in total. The van der Waals surface area contributed by atoms with Crippen LogP contribution in [0.2, 0.25) is 0 Å². The van der Waals surface area contributed by atoms with Crippen LogP contribution in [0.5, 0.6) is 0 Å². The number of unbranched alkanes of at least 4 members (excludes halogenated alkanes) is 3. The molecule has 2 fully saturated rings. The van der Waals surface area contributed by atoms with E-state index in [9.17, 15) is 5.11 Å². The van der Waals surface area contributed by atoms with Gasteiger partial charge >= 0.3 is 0 Å². The van der Waals surface area contributed by atoms with Crippen molar-refractivity contribution < 1.29 is 14.6 Å². The van der Waals surface area contributed by atoms with Gasteiger partial charge in [0.1, 0.15) is 0 Å². The molecule has 5 heteroatoms. The molecule has 1 N–H and O–H groups in total. The Bertz CT molecular complexity index is 302. The number of nitrogens with zero attached hydrogens (tertiary/aromatic N) is 1. The van der Waals surface area contributed by atoms with E-state index in [4.69, 9.17) is 14.7 Å². The maximum absolute atomic E-state index is 9.65. The largest absolute Gasteiger partial charge is 0.391 e. The Morgan fingerprint density at radius 2 is 1.79 bits per heavy atom. The molecule has 3 atom stereocenters. The van der Waals surface area contributed by atoms with Gasteiger partial charge in [0.15, 0.2) is 6.29 Å². The maximum Gasteiger partial charge on any atom is 0.157 e. The van der Waals surface area contributed by atoms with E-state index in [1.807, 2.05) is 0 Å². The van der Waals surface area contributed by atoms with Crippen LogP contribution in [0.3, 0.4) is 0 Å². The van der Waals surface area contributed by atoms with Gasteiger partial charge < -0.3 is 14.6 Å². The van der Waals surface area contributed by atoms with E-state index in [0.29, 0.717) is 5.25 Å². The van der Waals surface area contributed by atoms with Crippen LogP contribution in [0.15, 0.2) is 0 Å². The van der Waals surface area contributed by atoms with Crippen LogP contribution in [-0.2, 0) is 9.47 Å². The number of nitriles is 1. The number of ether oxygens (including phenoxy) is 2. The van der Waals surface area contributed by atoms with Crippen LogP contribution in [0.1, 0.15) is 38.5 Å². The summed E-state index contributed by atoms with van der Waals surface area (Å²) in [7, 11) is 0. The molecule has 2 aliphatic rings. The molecule has 108 valence electrons. The molecule has 2 saturated heterocycles. The molecule has 3 unspecified atom stereocenters. The highest BCUT2D eigenvalue weighted by molar-refractivity contribution is 8.00. The fourth-order valence-corrected chi connectivity index (χ4v) is 4.13. The lowest BCUT2D eigenvalue weighted by Gasteiger charge is -2.13. The second-order valence-electron chi connectivity index (χ2n) is 5.26. The zero-order chi connectivity index (χ0) is 13.5. The Hall–Kier alpha value is -0.280. The highest BCUT2D eigenvalue weighted by Crippen LogP contribution is 2.35. The lowest BCUT2D eigenvalue weighted by Crippen LogP contribution is -2.21. The molecule has 0 aromatic carbocycles. The summed E-state index contributed by atoms with van der Waals surface area (Å²) in [6.07, 6.45) is 6.34. The van der Waals surface area contributed by atoms with E-state index >= 15 is 0 Å². The van der Waals surface area contributed by atoms with E-state index in [-0.39, 0.29) is 12.2 Å². The van der Waals surface area contributed by atoms with Crippen molar-refractivity contribution in [2.24, 2.45) is 5.92 Å². The third-order valence-corrected chi connectivity index (χ3v) is 5.31. The molecular formula is C14H23NO3S. The van der Waals surface area contributed by atoms with Gasteiger partial charge in [0, 0.05) is 11.0 Å². The zero-order valence-electron chi connectivity index (χ0n) is 11.3. The monoisotopic (exact) mass is 285 g/mol. The van der Waals surface area contributed by atoms with Crippen LogP contribution < -0.4 is 0 Å². The summed E-state index contributed by atoms with van der Waals surface area (Å²) in [4.78, 5) is 0. The molecule has 19 heavy (non-hydrogen) atoms. The van der Waals surface area contributed by atoms with Gasteiger partial charge in [-0.2, -0.15) is 17.0 Å². The highest BCUT2D eigenvalue weighted by atomic mass is 32.2. The molecule has 2 heterocycles. The van der Waals surface area contributed by atoms with Crippen molar-refractivity contribution in [2.45, 2.75) is 56.2 Å². The molecule has 0 radical (unpaired) electrons. The predicted molar refractivity (Wildman–Crippen MR) is 74.7 cm³/mol. The van der Waals surface area contributed by atoms with Gasteiger partial charge in [-0.3, -0.25) is 0 Å². The maximum atomic E-state index is 9.65. The Morgan fingerprint density at radius 3 is 2.47 bits per heavy atom. The van der Waals surface area contributed by atoms with Gasteiger partial charge in [0.05, 0.1) is 31.3 Å². The summed E-state index contributed by atoms with van der Waals surface area (Å²) < 4.78 is 10.8. The van der Waals surface area contributed by atoms with Crippen molar-refractivity contribution in [3.8, 4) is 6.07 Å². The Morgan fingerprint density at radius 1 is 1.11 bits per heavy atom. The zero-order valence-corrected chi connectivity index (χ0v) is 12.1. The quantitative estimate of drug-likeness (QED) is 0.727.